The van der Waals surface area contributed by atoms with E-state index in [1.54, 1.807) is 6.07 Å². The molecule has 0 amide bonds. The summed E-state index contributed by atoms with van der Waals surface area (Å²) in [5.41, 5.74) is 0.602. The molecule has 7 nitrogen and oxygen atoms in total. The number of nitrogens with zero attached hydrogens (tertiary/aromatic N) is 1. The summed E-state index contributed by atoms with van der Waals surface area (Å²) in [6.45, 7) is 3.74. The lowest BCUT2D eigenvalue weighted by Crippen LogP contribution is -2.04. The first-order valence-corrected chi connectivity index (χ1v) is 9.77. The van der Waals surface area contributed by atoms with Gasteiger partial charge in [0.2, 0.25) is 5.82 Å². The van der Waals surface area contributed by atoms with Crippen LogP contribution in [0.15, 0.2) is 18.2 Å². The summed E-state index contributed by atoms with van der Waals surface area (Å²) < 4.78 is 35.2. The Bertz CT molecular complexity index is 874. The van der Waals surface area contributed by atoms with E-state index in [9.17, 15) is 14.1 Å². The van der Waals surface area contributed by atoms with Crippen LogP contribution < -0.4 is 9.47 Å². The first-order valence-electron chi connectivity index (χ1n) is 7.22. The van der Waals surface area contributed by atoms with Crippen LogP contribution in [0.3, 0.4) is 0 Å². The number of ether oxygens (including phenoxy) is 2. The van der Waals surface area contributed by atoms with Gasteiger partial charge in [-0.2, -0.15) is 9.37 Å². The molecule has 142 valence electrons. The fourth-order valence-corrected chi connectivity index (χ4v) is 2.73. The van der Waals surface area contributed by atoms with Gasteiger partial charge in [0, 0.05) is 5.56 Å². The highest BCUT2D eigenvalue weighted by Crippen LogP contribution is 2.42. The molecule has 0 aliphatic rings. The quantitative estimate of drug-likeness (QED) is 0.455. The molecule has 0 aliphatic heterocycles. The zero-order valence-electron chi connectivity index (χ0n) is 13.6. The molecular formula is C15H15Cl2FNO6P. The second kappa shape index (κ2) is 7.98. The Hall–Kier alpha value is -1.57. The van der Waals surface area contributed by atoms with Crippen LogP contribution in [0.2, 0.25) is 10.2 Å². The van der Waals surface area contributed by atoms with Gasteiger partial charge in [0.05, 0.1) is 0 Å². The SMILES string of the molecule is CC(C)c1cc(Oc2c(Cl)nc(OCP(=O)(O)O)c(F)c2Cl)ccc1O. The molecule has 11 heteroatoms. The van der Waals surface area contributed by atoms with Crippen molar-refractivity contribution in [2.75, 3.05) is 6.35 Å². The second-order valence-electron chi connectivity index (χ2n) is 5.58. The standard InChI is InChI=1S/C15H15Cl2FNO6P/c1-7(2)9-5-8(3-4-10(9)20)25-13-11(16)12(18)15(19-14(13)17)24-6-26(21,22)23/h3-5,7,20H,6H2,1-2H3,(H2,21,22,23). The van der Waals surface area contributed by atoms with Crippen LogP contribution in [0.25, 0.3) is 0 Å². The number of pyridine rings is 1. The minimum absolute atomic E-state index is 0.00258. The molecule has 2 aromatic rings. The Labute approximate surface area is 158 Å². The van der Waals surface area contributed by atoms with Crippen molar-refractivity contribution < 1.29 is 33.3 Å². The Kier molecular flexibility index (Phi) is 6.37. The molecule has 1 aromatic carbocycles. The molecule has 0 spiro atoms. The third kappa shape index (κ3) is 4.99. The van der Waals surface area contributed by atoms with E-state index in [2.05, 4.69) is 9.72 Å². The van der Waals surface area contributed by atoms with Gasteiger partial charge >= 0.3 is 7.60 Å². The number of hydrogen-bond acceptors (Lipinski definition) is 5. The number of aromatic nitrogens is 1. The van der Waals surface area contributed by atoms with Crippen LogP contribution in [-0.4, -0.2) is 26.2 Å². The lowest BCUT2D eigenvalue weighted by molar-refractivity contribution is 0.284. The number of rotatable bonds is 6. The van der Waals surface area contributed by atoms with Crippen LogP contribution in [0.4, 0.5) is 4.39 Å². The van der Waals surface area contributed by atoms with Crippen LogP contribution in [-0.2, 0) is 4.57 Å². The van der Waals surface area contributed by atoms with Gasteiger partial charge in [0.15, 0.2) is 17.3 Å². The summed E-state index contributed by atoms with van der Waals surface area (Å²) in [5, 5.41) is 8.90. The summed E-state index contributed by atoms with van der Waals surface area (Å²) >= 11 is 11.8. The predicted octanol–water partition coefficient (Wildman–Crippen LogP) is 4.66. The molecule has 3 N–H and O–H groups in total. The van der Waals surface area contributed by atoms with Crippen LogP contribution in [0.5, 0.6) is 23.1 Å². The maximum atomic E-state index is 14.2. The Morgan fingerprint density at radius 3 is 2.54 bits per heavy atom. The maximum absolute atomic E-state index is 14.2. The highest BCUT2D eigenvalue weighted by molar-refractivity contribution is 7.51. The van der Waals surface area contributed by atoms with Gasteiger partial charge in [-0.3, -0.25) is 4.57 Å². The molecule has 26 heavy (non-hydrogen) atoms. The molecule has 0 saturated heterocycles. The van der Waals surface area contributed by atoms with E-state index in [4.69, 9.17) is 37.7 Å². The van der Waals surface area contributed by atoms with E-state index in [-0.39, 0.29) is 28.3 Å². The number of aromatic hydroxyl groups is 1. The molecule has 0 aliphatic carbocycles. The molecule has 1 heterocycles. The van der Waals surface area contributed by atoms with Crippen molar-refractivity contribution >= 4 is 30.8 Å². The van der Waals surface area contributed by atoms with E-state index >= 15 is 0 Å². The maximum Gasteiger partial charge on any atom is 0.362 e. The molecule has 0 radical (unpaired) electrons. The molecule has 0 saturated carbocycles. The Balaban J connectivity index is 2.35. The lowest BCUT2D eigenvalue weighted by atomic mass is 10.0. The number of phenolic OH excluding ortho intramolecular Hbond substituents is 1. The molecular weight excluding hydrogens is 411 g/mol. The van der Waals surface area contributed by atoms with E-state index < -0.39 is 30.7 Å². The molecule has 0 bridgehead atoms. The monoisotopic (exact) mass is 425 g/mol. The zero-order chi connectivity index (χ0) is 19.6. The van der Waals surface area contributed by atoms with E-state index in [0.717, 1.165) is 0 Å². The predicted molar refractivity (Wildman–Crippen MR) is 94.0 cm³/mol. The minimum atomic E-state index is -4.54. The normalized spacial score (nSPS) is 11.7. The third-order valence-corrected chi connectivity index (χ3v) is 4.24. The third-order valence-electron chi connectivity index (χ3n) is 3.18. The second-order valence-corrected chi connectivity index (χ2v) is 7.90. The Morgan fingerprint density at radius 2 is 1.96 bits per heavy atom. The van der Waals surface area contributed by atoms with E-state index in [1.807, 2.05) is 13.8 Å². The Morgan fingerprint density at radius 1 is 1.31 bits per heavy atom. The molecule has 0 fully saturated rings. The van der Waals surface area contributed by atoms with Crippen LogP contribution in [0, 0.1) is 5.82 Å². The van der Waals surface area contributed by atoms with Crippen molar-refractivity contribution in [2.24, 2.45) is 0 Å². The molecule has 2 rings (SSSR count). The van der Waals surface area contributed by atoms with Crippen molar-refractivity contribution in [1.82, 2.24) is 4.98 Å². The first kappa shape index (κ1) is 20.7. The summed E-state index contributed by atoms with van der Waals surface area (Å²) in [5.74, 6) is -1.92. The van der Waals surface area contributed by atoms with Crippen molar-refractivity contribution in [3.63, 3.8) is 0 Å². The topological polar surface area (TPSA) is 109 Å². The largest absolute Gasteiger partial charge is 0.508 e. The highest BCUT2D eigenvalue weighted by atomic mass is 35.5. The van der Waals surface area contributed by atoms with Gasteiger partial charge in [0.25, 0.3) is 5.88 Å². The lowest BCUT2D eigenvalue weighted by Gasteiger charge is -2.15. The van der Waals surface area contributed by atoms with Crippen LogP contribution >= 0.6 is 30.8 Å². The van der Waals surface area contributed by atoms with Gasteiger partial charge in [-0.15, -0.1) is 0 Å². The average molecular weight is 426 g/mol. The number of phenols is 1. The summed E-state index contributed by atoms with van der Waals surface area (Å²) in [4.78, 5) is 21.1. The zero-order valence-corrected chi connectivity index (χ0v) is 16.0. The number of hydrogen-bond donors (Lipinski definition) is 3. The van der Waals surface area contributed by atoms with Gasteiger partial charge in [0.1, 0.15) is 16.5 Å². The summed E-state index contributed by atoms with van der Waals surface area (Å²) in [6, 6.07) is 4.39. The fraction of sp³-hybridized carbons (Fsp3) is 0.267. The number of halogens is 3. The number of benzene rings is 1. The van der Waals surface area contributed by atoms with Gasteiger partial charge in [-0.25, -0.2) is 0 Å². The smallest absolute Gasteiger partial charge is 0.362 e. The molecule has 0 unspecified atom stereocenters. The summed E-state index contributed by atoms with van der Waals surface area (Å²) in [7, 11) is -4.54. The van der Waals surface area contributed by atoms with E-state index in [1.165, 1.54) is 12.1 Å². The van der Waals surface area contributed by atoms with Gasteiger partial charge < -0.3 is 24.4 Å². The summed E-state index contributed by atoms with van der Waals surface area (Å²) in [6.07, 6.45) is -1.08. The fourth-order valence-electron chi connectivity index (χ4n) is 1.98. The van der Waals surface area contributed by atoms with Crippen LogP contribution in [0.1, 0.15) is 25.3 Å². The minimum Gasteiger partial charge on any atom is -0.508 e. The molecule has 1 aromatic heterocycles. The van der Waals surface area contributed by atoms with Gasteiger partial charge in [-0.05, 0) is 24.1 Å². The first-order chi connectivity index (χ1) is 12.0. The average Bonchev–Trinajstić information content (AvgIpc) is 2.54. The molecule has 0 atom stereocenters. The highest BCUT2D eigenvalue weighted by Gasteiger charge is 2.24. The van der Waals surface area contributed by atoms with Crippen molar-refractivity contribution in [2.45, 2.75) is 19.8 Å². The van der Waals surface area contributed by atoms with Crippen molar-refractivity contribution in [1.29, 1.82) is 0 Å². The van der Waals surface area contributed by atoms with E-state index in [0.29, 0.717) is 5.56 Å². The van der Waals surface area contributed by atoms with Crippen molar-refractivity contribution in [3.8, 4) is 23.1 Å². The van der Waals surface area contributed by atoms with Gasteiger partial charge in [-0.1, -0.05) is 37.0 Å². The van der Waals surface area contributed by atoms with Crippen molar-refractivity contribution in [3.05, 3.63) is 39.8 Å².